The fourth-order valence-corrected chi connectivity index (χ4v) is 3.05. The lowest BCUT2D eigenvalue weighted by atomic mass is 9.94. The average molecular weight is 342 g/mol. The van der Waals surface area contributed by atoms with Gasteiger partial charge in [0.2, 0.25) is 0 Å². The highest BCUT2D eigenvalue weighted by molar-refractivity contribution is 5.99. The van der Waals surface area contributed by atoms with Crippen molar-refractivity contribution in [2.24, 2.45) is 7.05 Å². The Labute approximate surface area is 149 Å². The number of aromatic nitrogens is 3. The first kappa shape index (κ1) is 15.7. The molecule has 2 heterocycles. The van der Waals surface area contributed by atoms with Gasteiger partial charge in [-0.15, -0.1) is 0 Å². The third-order valence-corrected chi connectivity index (χ3v) is 4.30. The van der Waals surface area contributed by atoms with Gasteiger partial charge < -0.3 is 10.2 Å². The Morgan fingerprint density at radius 1 is 1.00 bits per heavy atom. The lowest BCUT2D eigenvalue weighted by Gasteiger charge is -2.12. The van der Waals surface area contributed by atoms with E-state index in [9.17, 15) is 15.5 Å². The second-order valence-corrected chi connectivity index (χ2v) is 5.90. The van der Waals surface area contributed by atoms with E-state index in [-0.39, 0.29) is 11.5 Å². The number of rotatable bonds is 2. The molecular formula is C20H14N4O2. The van der Waals surface area contributed by atoms with Crippen LogP contribution in [0, 0.1) is 11.3 Å². The number of phenols is 2. The molecule has 0 spiro atoms. The standard InChI is InChI=1S/C20H14N4O2/c1-24-20-15(11-22-24)18(13-7-8-16(25)17(26)9-13)14(10-21)19(23-20)12-5-3-2-4-6-12/h2-9,11,25-26H,1H3. The number of hydrogen-bond donors (Lipinski definition) is 2. The van der Waals surface area contributed by atoms with E-state index in [0.717, 1.165) is 5.56 Å². The van der Waals surface area contributed by atoms with Crippen molar-refractivity contribution in [1.29, 1.82) is 5.26 Å². The van der Waals surface area contributed by atoms with Crippen LogP contribution >= 0.6 is 0 Å². The molecule has 6 nitrogen and oxygen atoms in total. The van der Waals surface area contributed by atoms with Crippen LogP contribution in [0.25, 0.3) is 33.4 Å². The quantitative estimate of drug-likeness (QED) is 0.543. The highest BCUT2D eigenvalue weighted by Crippen LogP contribution is 2.39. The fourth-order valence-electron chi connectivity index (χ4n) is 3.05. The maximum absolute atomic E-state index is 9.92. The summed E-state index contributed by atoms with van der Waals surface area (Å²) < 4.78 is 1.65. The van der Waals surface area contributed by atoms with Gasteiger partial charge in [0.1, 0.15) is 6.07 Å². The van der Waals surface area contributed by atoms with Gasteiger partial charge in [0, 0.05) is 23.6 Å². The first-order valence-electron chi connectivity index (χ1n) is 7.93. The molecule has 2 aromatic heterocycles. The van der Waals surface area contributed by atoms with E-state index < -0.39 is 0 Å². The third-order valence-electron chi connectivity index (χ3n) is 4.30. The topological polar surface area (TPSA) is 95.0 Å². The van der Waals surface area contributed by atoms with E-state index in [1.165, 1.54) is 12.1 Å². The van der Waals surface area contributed by atoms with E-state index in [2.05, 4.69) is 16.2 Å². The molecular weight excluding hydrogens is 328 g/mol. The Bertz CT molecular complexity index is 1170. The summed E-state index contributed by atoms with van der Waals surface area (Å²) in [5.74, 6) is -0.464. The SMILES string of the molecule is Cn1ncc2c(-c3ccc(O)c(O)c3)c(C#N)c(-c3ccccc3)nc21. The Balaban J connectivity index is 2.14. The molecule has 0 saturated carbocycles. The smallest absolute Gasteiger partial charge is 0.158 e. The van der Waals surface area contributed by atoms with E-state index in [0.29, 0.717) is 33.4 Å². The summed E-state index contributed by atoms with van der Waals surface area (Å²) >= 11 is 0. The van der Waals surface area contributed by atoms with Gasteiger partial charge in [0.15, 0.2) is 17.1 Å². The van der Waals surface area contributed by atoms with Crippen molar-refractivity contribution in [2.45, 2.75) is 0 Å². The molecule has 6 heteroatoms. The molecule has 2 N–H and O–H groups in total. The van der Waals surface area contributed by atoms with E-state index in [1.807, 2.05) is 30.3 Å². The minimum absolute atomic E-state index is 0.216. The Morgan fingerprint density at radius 2 is 1.77 bits per heavy atom. The molecule has 4 aromatic rings. The molecule has 0 radical (unpaired) electrons. The lowest BCUT2D eigenvalue weighted by molar-refractivity contribution is 0.404. The zero-order valence-electron chi connectivity index (χ0n) is 13.9. The Hall–Kier alpha value is -3.85. The molecule has 4 rings (SSSR count). The minimum atomic E-state index is -0.249. The second-order valence-electron chi connectivity index (χ2n) is 5.90. The van der Waals surface area contributed by atoms with Gasteiger partial charge in [-0.2, -0.15) is 10.4 Å². The Morgan fingerprint density at radius 3 is 2.46 bits per heavy atom. The van der Waals surface area contributed by atoms with Crippen LogP contribution in [0.5, 0.6) is 11.5 Å². The third kappa shape index (κ3) is 2.34. The van der Waals surface area contributed by atoms with E-state index in [1.54, 1.807) is 24.0 Å². The Kier molecular flexibility index (Phi) is 3.55. The van der Waals surface area contributed by atoms with Gasteiger partial charge in [-0.05, 0) is 17.7 Å². The van der Waals surface area contributed by atoms with Crippen LogP contribution in [0.1, 0.15) is 5.56 Å². The summed E-state index contributed by atoms with van der Waals surface area (Å²) in [6.07, 6.45) is 1.65. The van der Waals surface area contributed by atoms with Gasteiger partial charge in [-0.1, -0.05) is 36.4 Å². The maximum atomic E-state index is 9.92. The first-order chi connectivity index (χ1) is 12.6. The van der Waals surface area contributed by atoms with Crippen LogP contribution in [0.4, 0.5) is 0 Å². The molecule has 0 fully saturated rings. The zero-order chi connectivity index (χ0) is 18.3. The van der Waals surface area contributed by atoms with Crippen LogP contribution in [0.2, 0.25) is 0 Å². The average Bonchev–Trinajstić information content (AvgIpc) is 3.04. The predicted octanol–water partition coefficient (Wildman–Crippen LogP) is 3.59. The van der Waals surface area contributed by atoms with Crippen molar-refractivity contribution in [3.05, 3.63) is 60.3 Å². The summed E-state index contributed by atoms with van der Waals surface area (Å²) in [6.45, 7) is 0. The van der Waals surface area contributed by atoms with E-state index >= 15 is 0 Å². The molecule has 0 aliphatic carbocycles. The number of aromatic hydroxyl groups is 2. The first-order valence-corrected chi connectivity index (χ1v) is 7.93. The normalized spacial score (nSPS) is 10.8. The number of aryl methyl sites for hydroxylation is 1. The minimum Gasteiger partial charge on any atom is -0.504 e. The summed E-state index contributed by atoms with van der Waals surface area (Å²) in [4.78, 5) is 4.67. The number of benzene rings is 2. The second kappa shape index (κ2) is 5.90. The van der Waals surface area contributed by atoms with Gasteiger partial charge in [-0.25, -0.2) is 4.98 Å². The number of hydrogen-bond acceptors (Lipinski definition) is 5. The van der Waals surface area contributed by atoms with Gasteiger partial charge in [0.05, 0.1) is 17.5 Å². The highest BCUT2D eigenvalue weighted by atomic mass is 16.3. The molecule has 0 bridgehead atoms. The molecule has 0 aliphatic heterocycles. The maximum Gasteiger partial charge on any atom is 0.158 e. The molecule has 0 unspecified atom stereocenters. The van der Waals surface area contributed by atoms with Gasteiger partial charge in [0.25, 0.3) is 0 Å². The molecule has 0 amide bonds. The van der Waals surface area contributed by atoms with Crippen molar-refractivity contribution >= 4 is 11.0 Å². The monoisotopic (exact) mass is 342 g/mol. The number of nitrogens with zero attached hydrogens (tertiary/aromatic N) is 4. The van der Waals surface area contributed by atoms with Crippen molar-refractivity contribution in [3.63, 3.8) is 0 Å². The van der Waals surface area contributed by atoms with Gasteiger partial charge in [-0.3, -0.25) is 4.68 Å². The summed E-state index contributed by atoms with van der Waals surface area (Å²) in [5, 5.41) is 34.4. The molecule has 0 saturated heterocycles. The number of phenolic OH excluding ortho intramolecular Hbond substituents is 2. The highest BCUT2D eigenvalue weighted by Gasteiger charge is 2.20. The van der Waals surface area contributed by atoms with Crippen LogP contribution in [-0.2, 0) is 7.05 Å². The molecule has 2 aromatic carbocycles. The van der Waals surface area contributed by atoms with Crippen LogP contribution in [-0.4, -0.2) is 25.0 Å². The van der Waals surface area contributed by atoms with Crippen LogP contribution in [0.15, 0.2) is 54.7 Å². The van der Waals surface area contributed by atoms with Gasteiger partial charge >= 0.3 is 0 Å². The lowest BCUT2D eigenvalue weighted by Crippen LogP contribution is -1.98. The largest absolute Gasteiger partial charge is 0.504 e. The van der Waals surface area contributed by atoms with Crippen molar-refractivity contribution in [1.82, 2.24) is 14.8 Å². The summed E-state index contributed by atoms with van der Waals surface area (Å²) in [7, 11) is 1.79. The van der Waals surface area contributed by atoms with Crippen LogP contribution < -0.4 is 0 Å². The van der Waals surface area contributed by atoms with Crippen LogP contribution in [0.3, 0.4) is 0 Å². The fraction of sp³-hybridized carbons (Fsp3) is 0.0500. The number of pyridine rings is 1. The van der Waals surface area contributed by atoms with E-state index in [4.69, 9.17) is 0 Å². The summed E-state index contributed by atoms with van der Waals surface area (Å²) in [5.41, 5.74) is 3.62. The molecule has 126 valence electrons. The van der Waals surface area contributed by atoms with Crippen molar-refractivity contribution in [2.75, 3.05) is 0 Å². The predicted molar refractivity (Wildman–Crippen MR) is 97.4 cm³/mol. The van der Waals surface area contributed by atoms with Crippen molar-refractivity contribution in [3.8, 4) is 40.0 Å². The molecule has 0 atom stereocenters. The number of nitriles is 1. The number of fused-ring (bicyclic) bond motifs is 1. The molecule has 0 aliphatic rings. The molecule has 26 heavy (non-hydrogen) atoms. The van der Waals surface area contributed by atoms with Crippen molar-refractivity contribution < 1.29 is 10.2 Å². The summed E-state index contributed by atoms with van der Waals surface area (Å²) in [6, 6.07) is 16.2. The zero-order valence-corrected chi connectivity index (χ0v) is 13.9.